The van der Waals surface area contributed by atoms with Crippen LogP contribution < -0.4 is 0 Å². The number of carbonyl (C=O) groups is 1. The minimum atomic E-state index is -0.420. The quantitative estimate of drug-likeness (QED) is 0.424. The van der Waals surface area contributed by atoms with Crippen LogP contribution in [0.4, 0.5) is 0 Å². The van der Waals surface area contributed by atoms with Crippen molar-refractivity contribution in [2.75, 3.05) is 0 Å². The number of carbonyl (C=O) groups excluding carboxylic acids is 1. The molecule has 0 radical (unpaired) electrons. The van der Waals surface area contributed by atoms with E-state index in [4.69, 9.17) is 4.74 Å². The maximum atomic E-state index is 11.5. The summed E-state index contributed by atoms with van der Waals surface area (Å²) in [6, 6.07) is 0. The van der Waals surface area contributed by atoms with E-state index in [2.05, 4.69) is 52.8 Å². The highest BCUT2D eigenvalue weighted by molar-refractivity contribution is 5.66. The van der Waals surface area contributed by atoms with E-state index in [9.17, 15) is 4.79 Å². The second kappa shape index (κ2) is 9.86. The first-order valence-electron chi connectivity index (χ1n) is 9.37. The van der Waals surface area contributed by atoms with Crippen molar-refractivity contribution in [1.82, 2.24) is 0 Å². The molecule has 0 saturated heterocycles. The van der Waals surface area contributed by atoms with Gasteiger partial charge in [0.05, 0.1) is 0 Å². The van der Waals surface area contributed by atoms with Crippen molar-refractivity contribution < 1.29 is 9.53 Å². The molecule has 0 aromatic rings. The van der Waals surface area contributed by atoms with Crippen LogP contribution in [0.25, 0.3) is 0 Å². The molecule has 0 saturated carbocycles. The number of hydrogen-bond donors (Lipinski definition) is 0. The first-order valence-corrected chi connectivity index (χ1v) is 9.37. The molecule has 1 rings (SSSR count). The topological polar surface area (TPSA) is 26.3 Å². The Hall–Kier alpha value is -1.31. The Kier molecular flexibility index (Phi) is 8.52. The summed E-state index contributed by atoms with van der Waals surface area (Å²) in [5.74, 6) is 0.160. The second-order valence-electron chi connectivity index (χ2n) is 7.90. The number of rotatable bonds is 2. The van der Waals surface area contributed by atoms with Gasteiger partial charge in [0.1, 0.15) is 5.60 Å². The molecule has 0 fully saturated rings. The molecule has 0 aromatic heterocycles. The second-order valence-corrected chi connectivity index (χ2v) is 7.90. The molecule has 24 heavy (non-hydrogen) atoms. The zero-order chi connectivity index (χ0) is 18.2. The first kappa shape index (κ1) is 20.7. The highest BCUT2D eigenvalue weighted by Crippen LogP contribution is 2.31. The monoisotopic (exact) mass is 332 g/mol. The molecule has 0 heterocycles. The maximum Gasteiger partial charge on any atom is 0.303 e. The van der Waals surface area contributed by atoms with Gasteiger partial charge in [0.15, 0.2) is 0 Å². The van der Waals surface area contributed by atoms with E-state index < -0.39 is 5.60 Å². The predicted octanol–water partition coefficient (Wildman–Crippen LogP) is 6.53. The molecular weight excluding hydrogens is 296 g/mol. The fraction of sp³-hybridized carbons (Fsp3) is 0.682. The summed E-state index contributed by atoms with van der Waals surface area (Å²) >= 11 is 0. The van der Waals surface area contributed by atoms with E-state index in [1.54, 1.807) is 0 Å². The van der Waals surface area contributed by atoms with Crippen molar-refractivity contribution in [3.8, 4) is 0 Å². The van der Waals surface area contributed by atoms with E-state index in [1.807, 2.05) is 0 Å². The summed E-state index contributed by atoms with van der Waals surface area (Å²) in [6.07, 6.45) is 14.7. The first-order chi connectivity index (χ1) is 11.2. The Morgan fingerprint density at radius 2 is 1.46 bits per heavy atom. The van der Waals surface area contributed by atoms with E-state index in [-0.39, 0.29) is 5.97 Å². The lowest BCUT2D eigenvalue weighted by atomic mass is 9.82. The van der Waals surface area contributed by atoms with Gasteiger partial charge in [0.2, 0.25) is 0 Å². The Balaban J connectivity index is 2.93. The zero-order valence-corrected chi connectivity index (χ0v) is 16.6. The van der Waals surface area contributed by atoms with Crippen LogP contribution in [0.1, 0.15) is 86.5 Å². The number of esters is 1. The minimum absolute atomic E-state index is 0.187. The molecule has 1 aliphatic carbocycles. The van der Waals surface area contributed by atoms with Crippen molar-refractivity contribution >= 4 is 5.97 Å². The number of ether oxygens (including phenoxy) is 1. The maximum absolute atomic E-state index is 11.5. The molecule has 0 amide bonds. The van der Waals surface area contributed by atoms with Gasteiger partial charge < -0.3 is 4.74 Å². The van der Waals surface area contributed by atoms with Crippen LogP contribution in [0.15, 0.2) is 34.9 Å². The van der Waals surface area contributed by atoms with Crippen LogP contribution in [0, 0.1) is 5.92 Å². The summed E-state index contributed by atoms with van der Waals surface area (Å²) in [5, 5.41) is 0. The Labute approximate surface area is 149 Å². The van der Waals surface area contributed by atoms with E-state index in [0.717, 1.165) is 44.9 Å². The molecule has 0 aromatic carbocycles. The van der Waals surface area contributed by atoms with Crippen LogP contribution in [0.3, 0.4) is 0 Å². The normalized spacial score (nSPS) is 28.4. The van der Waals surface area contributed by atoms with Crippen molar-refractivity contribution in [2.24, 2.45) is 5.92 Å². The average molecular weight is 333 g/mol. The molecule has 0 aliphatic heterocycles. The minimum Gasteiger partial charge on any atom is -0.460 e. The number of hydrogen-bond acceptors (Lipinski definition) is 2. The van der Waals surface area contributed by atoms with Gasteiger partial charge >= 0.3 is 5.97 Å². The van der Waals surface area contributed by atoms with Gasteiger partial charge in [0.25, 0.3) is 0 Å². The van der Waals surface area contributed by atoms with Gasteiger partial charge in [-0.25, -0.2) is 0 Å². The van der Waals surface area contributed by atoms with Crippen molar-refractivity contribution in [2.45, 2.75) is 92.1 Å². The van der Waals surface area contributed by atoms with Crippen LogP contribution in [-0.2, 0) is 9.53 Å². The molecule has 0 unspecified atom stereocenters. The van der Waals surface area contributed by atoms with Crippen LogP contribution >= 0.6 is 0 Å². The molecule has 1 atom stereocenters. The molecule has 2 nitrogen and oxygen atoms in total. The standard InChI is InChI=1S/C22H36O2/c1-17-9-7-11-18(2)13-15-21(22(5,6)24-20(4)23)16-14-19(3)12-8-10-17/h9,12-13,21H,7-8,10-11,14-16H2,1-6H3/b17-9+,18-13+,19-12+/t21-/m1/s1. The number of allylic oxidation sites excluding steroid dienone is 6. The zero-order valence-electron chi connectivity index (χ0n) is 16.6. The fourth-order valence-electron chi connectivity index (χ4n) is 3.35. The summed E-state index contributed by atoms with van der Waals surface area (Å²) in [6.45, 7) is 12.3. The average Bonchev–Trinajstić information content (AvgIpc) is 2.44. The summed E-state index contributed by atoms with van der Waals surface area (Å²) < 4.78 is 5.63. The third kappa shape index (κ3) is 7.99. The van der Waals surface area contributed by atoms with Crippen LogP contribution in [0.5, 0.6) is 0 Å². The van der Waals surface area contributed by atoms with Gasteiger partial charge in [-0.3, -0.25) is 4.79 Å². The van der Waals surface area contributed by atoms with E-state index in [1.165, 1.54) is 23.6 Å². The predicted molar refractivity (Wildman–Crippen MR) is 103 cm³/mol. The van der Waals surface area contributed by atoms with Gasteiger partial charge in [-0.2, -0.15) is 0 Å². The van der Waals surface area contributed by atoms with Gasteiger partial charge in [-0.1, -0.05) is 34.9 Å². The van der Waals surface area contributed by atoms with Gasteiger partial charge in [-0.05, 0) is 79.6 Å². The van der Waals surface area contributed by atoms with Crippen molar-refractivity contribution in [3.63, 3.8) is 0 Å². The van der Waals surface area contributed by atoms with E-state index >= 15 is 0 Å². The summed E-state index contributed by atoms with van der Waals surface area (Å²) in [7, 11) is 0. The molecule has 136 valence electrons. The molecule has 1 aliphatic rings. The largest absolute Gasteiger partial charge is 0.460 e. The van der Waals surface area contributed by atoms with Crippen LogP contribution in [0.2, 0.25) is 0 Å². The Morgan fingerprint density at radius 1 is 0.958 bits per heavy atom. The smallest absolute Gasteiger partial charge is 0.303 e. The Morgan fingerprint density at radius 3 is 2.00 bits per heavy atom. The van der Waals surface area contributed by atoms with E-state index in [0.29, 0.717) is 5.92 Å². The SMILES string of the molecule is CC(=O)OC(C)(C)[C@@H]1C/C=C(\C)CC/C=C(\C)CC/C=C(\C)CC1. The van der Waals surface area contributed by atoms with Crippen LogP contribution in [-0.4, -0.2) is 11.6 Å². The summed E-state index contributed by atoms with van der Waals surface area (Å²) in [4.78, 5) is 11.5. The lowest BCUT2D eigenvalue weighted by molar-refractivity contribution is -0.159. The molecule has 0 bridgehead atoms. The molecule has 2 heteroatoms. The molecule has 0 N–H and O–H groups in total. The lowest BCUT2D eigenvalue weighted by Gasteiger charge is -2.33. The summed E-state index contributed by atoms with van der Waals surface area (Å²) in [5.41, 5.74) is 3.96. The third-order valence-electron chi connectivity index (χ3n) is 5.09. The van der Waals surface area contributed by atoms with Crippen molar-refractivity contribution in [3.05, 3.63) is 34.9 Å². The molecular formula is C22H36O2. The third-order valence-corrected chi connectivity index (χ3v) is 5.09. The highest BCUT2D eigenvalue weighted by Gasteiger charge is 2.31. The highest BCUT2D eigenvalue weighted by atomic mass is 16.6. The van der Waals surface area contributed by atoms with Gasteiger partial charge in [0, 0.05) is 12.8 Å². The van der Waals surface area contributed by atoms with Crippen molar-refractivity contribution in [1.29, 1.82) is 0 Å². The Bertz CT molecular complexity index is 506. The fourth-order valence-corrected chi connectivity index (χ4v) is 3.35. The van der Waals surface area contributed by atoms with Gasteiger partial charge in [-0.15, -0.1) is 0 Å². The molecule has 0 spiro atoms. The lowest BCUT2D eigenvalue weighted by Crippen LogP contribution is -2.36.